The molecule has 0 rings (SSSR count). The minimum atomic E-state index is 0.948. The van der Waals surface area contributed by atoms with Crippen LogP contribution in [-0.4, -0.2) is 0 Å². The molecule has 0 unspecified atom stereocenters. The van der Waals surface area contributed by atoms with Crippen molar-refractivity contribution in [3.8, 4) is 0 Å². The van der Waals surface area contributed by atoms with Crippen LogP contribution < -0.4 is 0 Å². The highest BCUT2D eigenvalue weighted by Crippen LogP contribution is 2.00. The largest absolute Gasteiger partial charge is 0.0988 e. The van der Waals surface area contributed by atoms with Crippen molar-refractivity contribution >= 4 is 0 Å². The molecule has 0 fully saturated rings. The summed E-state index contributed by atoms with van der Waals surface area (Å²) in [4.78, 5) is 0. The Bertz CT molecular complexity index is 129. The minimum absolute atomic E-state index is 0.948. The first-order valence-electron chi connectivity index (χ1n) is 3.76. The minimum Gasteiger partial charge on any atom is -0.0988 e. The summed E-state index contributed by atoms with van der Waals surface area (Å²) in [6.07, 6.45) is 9.48. The normalized spacial score (nSPS) is 10.1. The van der Waals surface area contributed by atoms with Gasteiger partial charge in [-0.15, -0.1) is 0 Å². The molecule has 0 saturated carbocycles. The van der Waals surface area contributed by atoms with Gasteiger partial charge in [0.2, 0.25) is 0 Å². The summed E-state index contributed by atoms with van der Waals surface area (Å²) in [5.74, 6) is 0. The molecule has 0 atom stereocenters. The second-order valence-corrected chi connectivity index (χ2v) is 2.33. The summed E-state index contributed by atoms with van der Waals surface area (Å²) >= 11 is 0. The molecular weight excluding hydrogens is 120 g/mol. The lowest BCUT2D eigenvalue weighted by Gasteiger charge is -1.89. The van der Waals surface area contributed by atoms with Gasteiger partial charge >= 0.3 is 0 Å². The number of rotatable bonds is 5. The lowest BCUT2D eigenvalue weighted by Crippen LogP contribution is -1.69. The van der Waals surface area contributed by atoms with Crippen LogP contribution in [-0.2, 0) is 0 Å². The Morgan fingerprint density at radius 1 is 1.40 bits per heavy atom. The average molecular weight is 136 g/mol. The Hall–Kier alpha value is -0.780. The number of hydrogen-bond donors (Lipinski definition) is 0. The van der Waals surface area contributed by atoms with Crippen molar-refractivity contribution in [2.45, 2.75) is 26.2 Å². The summed E-state index contributed by atoms with van der Waals surface area (Å²) in [7, 11) is 0. The fraction of sp³-hybridized carbons (Fsp3) is 0.400. The molecule has 0 bridgehead atoms. The molecule has 0 aliphatic rings. The maximum Gasteiger partial charge on any atom is -0.0104 e. The molecule has 0 nitrogen and oxygen atoms in total. The van der Waals surface area contributed by atoms with Crippen LogP contribution in [0.4, 0.5) is 0 Å². The molecule has 0 heteroatoms. The molecule has 56 valence electrons. The van der Waals surface area contributed by atoms with E-state index in [0.29, 0.717) is 0 Å². The lowest BCUT2D eigenvalue weighted by atomic mass is 10.2. The molecule has 0 heterocycles. The first-order chi connectivity index (χ1) is 4.81. The molecule has 0 amide bonds. The quantitative estimate of drug-likeness (QED) is 0.401. The predicted molar refractivity (Wildman–Crippen MR) is 48.0 cm³/mol. The fourth-order valence-electron chi connectivity index (χ4n) is 0.603. The number of hydrogen-bond acceptors (Lipinski definition) is 0. The molecule has 0 radical (unpaired) electrons. The Balaban J connectivity index is 3.33. The van der Waals surface area contributed by atoms with E-state index in [1.165, 1.54) is 12.8 Å². The molecular formula is C10H16. The molecule has 0 N–H and O–H groups in total. The molecule has 0 aliphatic carbocycles. The van der Waals surface area contributed by atoms with Gasteiger partial charge in [0.1, 0.15) is 0 Å². The van der Waals surface area contributed by atoms with E-state index in [9.17, 15) is 0 Å². The van der Waals surface area contributed by atoms with E-state index in [1.54, 1.807) is 6.08 Å². The standard InChI is InChI=1S/C10H16/c1-4-6-7-8-9-10(3)5-2/h5,7-8H,2-4,6,9H2,1H3/b8-7+. The van der Waals surface area contributed by atoms with Gasteiger partial charge in [-0.3, -0.25) is 0 Å². The zero-order chi connectivity index (χ0) is 7.82. The van der Waals surface area contributed by atoms with Crippen LogP contribution in [0.15, 0.2) is 37.0 Å². The van der Waals surface area contributed by atoms with Crippen molar-refractivity contribution in [2.75, 3.05) is 0 Å². The molecule has 0 aromatic heterocycles. The van der Waals surface area contributed by atoms with Gasteiger partial charge in [0.25, 0.3) is 0 Å². The maximum absolute atomic E-state index is 3.80. The van der Waals surface area contributed by atoms with Crippen LogP contribution in [0.5, 0.6) is 0 Å². The summed E-state index contributed by atoms with van der Waals surface area (Å²) in [6, 6.07) is 0. The highest BCUT2D eigenvalue weighted by atomic mass is 13.9. The smallest absolute Gasteiger partial charge is 0.0104 e. The Morgan fingerprint density at radius 2 is 2.10 bits per heavy atom. The molecule has 0 aromatic rings. The van der Waals surface area contributed by atoms with Crippen molar-refractivity contribution < 1.29 is 0 Å². The SMILES string of the molecule is C=CC(=C)C/C=C/CCC. The summed E-state index contributed by atoms with van der Waals surface area (Å²) in [5, 5.41) is 0. The molecule has 0 aliphatic heterocycles. The number of unbranched alkanes of at least 4 members (excludes halogenated alkanes) is 1. The van der Waals surface area contributed by atoms with Gasteiger partial charge in [-0.1, -0.05) is 50.3 Å². The van der Waals surface area contributed by atoms with Gasteiger partial charge < -0.3 is 0 Å². The van der Waals surface area contributed by atoms with Gasteiger partial charge in [0.05, 0.1) is 0 Å². The van der Waals surface area contributed by atoms with Crippen LogP contribution in [0.25, 0.3) is 0 Å². The average Bonchev–Trinajstić information content (AvgIpc) is 1.98. The van der Waals surface area contributed by atoms with E-state index in [-0.39, 0.29) is 0 Å². The van der Waals surface area contributed by atoms with E-state index in [4.69, 9.17) is 0 Å². The van der Waals surface area contributed by atoms with Crippen molar-refractivity contribution in [2.24, 2.45) is 0 Å². The van der Waals surface area contributed by atoms with Crippen LogP contribution in [0, 0.1) is 0 Å². The van der Waals surface area contributed by atoms with E-state index in [1.807, 2.05) is 0 Å². The second kappa shape index (κ2) is 6.34. The first kappa shape index (κ1) is 9.22. The van der Waals surface area contributed by atoms with Gasteiger partial charge in [-0.05, 0) is 12.8 Å². The Morgan fingerprint density at radius 3 is 2.60 bits per heavy atom. The summed E-state index contributed by atoms with van der Waals surface area (Å²) in [6.45, 7) is 9.60. The molecule has 0 aromatic carbocycles. The highest BCUT2D eigenvalue weighted by molar-refractivity contribution is 5.14. The Labute approximate surface area is 64.0 Å². The maximum atomic E-state index is 3.80. The fourth-order valence-corrected chi connectivity index (χ4v) is 0.603. The zero-order valence-electron chi connectivity index (χ0n) is 6.77. The zero-order valence-corrected chi connectivity index (χ0v) is 6.77. The third-order valence-corrected chi connectivity index (χ3v) is 1.29. The Kier molecular flexibility index (Phi) is 5.85. The van der Waals surface area contributed by atoms with Crippen molar-refractivity contribution in [1.82, 2.24) is 0 Å². The van der Waals surface area contributed by atoms with Crippen LogP contribution >= 0.6 is 0 Å². The predicted octanol–water partition coefficient (Wildman–Crippen LogP) is 3.48. The molecule has 10 heavy (non-hydrogen) atoms. The third-order valence-electron chi connectivity index (χ3n) is 1.29. The summed E-state index contributed by atoms with van der Waals surface area (Å²) in [5.41, 5.74) is 1.09. The van der Waals surface area contributed by atoms with Crippen molar-refractivity contribution in [3.63, 3.8) is 0 Å². The van der Waals surface area contributed by atoms with Gasteiger partial charge in [0, 0.05) is 0 Å². The highest BCUT2D eigenvalue weighted by Gasteiger charge is 1.80. The van der Waals surface area contributed by atoms with E-state index in [2.05, 4.69) is 32.2 Å². The van der Waals surface area contributed by atoms with Crippen molar-refractivity contribution in [1.29, 1.82) is 0 Å². The number of allylic oxidation sites excluding steroid dienone is 4. The van der Waals surface area contributed by atoms with Crippen molar-refractivity contribution in [3.05, 3.63) is 37.0 Å². The van der Waals surface area contributed by atoms with E-state index in [0.717, 1.165) is 12.0 Å². The third kappa shape index (κ3) is 5.36. The van der Waals surface area contributed by atoms with Gasteiger partial charge in [-0.25, -0.2) is 0 Å². The summed E-state index contributed by atoms with van der Waals surface area (Å²) < 4.78 is 0. The van der Waals surface area contributed by atoms with Crippen LogP contribution in [0.1, 0.15) is 26.2 Å². The van der Waals surface area contributed by atoms with Crippen LogP contribution in [0.2, 0.25) is 0 Å². The topological polar surface area (TPSA) is 0 Å². The molecule has 0 saturated heterocycles. The van der Waals surface area contributed by atoms with Gasteiger partial charge in [-0.2, -0.15) is 0 Å². The first-order valence-corrected chi connectivity index (χ1v) is 3.76. The molecule has 0 spiro atoms. The van der Waals surface area contributed by atoms with E-state index >= 15 is 0 Å². The van der Waals surface area contributed by atoms with Crippen LogP contribution in [0.3, 0.4) is 0 Å². The van der Waals surface area contributed by atoms with E-state index < -0.39 is 0 Å². The monoisotopic (exact) mass is 136 g/mol. The van der Waals surface area contributed by atoms with Gasteiger partial charge in [0.15, 0.2) is 0 Å². The lowest BCUT2D eigenvalue weighted by molar-refractivity contribution is 0.954. The second-order valence-electron chi connectivity index (χ2n) is 2.33.